The van der Waals surface area contributed by atoms with E-state index in [1.165, 1.54) is 24.1 Å². The second kappa shape index (κ2) is 14.5. The number of nitrogens with zero attached hydrogens (tertiary/aromatic N) is 2. The van der Waals surface area contributed by atoms with Crippen molar-refractivity contribution in [1.29, 1.82) is 5.26 Å². The molecule has 11 nitrogen and oxygen atoms in total. The molecule has 42 heavy (non-hydrogen) atoms. The normalized spacial score (nSPS) is 25.6. The minimum atomic E-state index is -1.72. The summed E-state index contributed by atoms with van der Waals surface area (Å²) in [5, 5.41) is 21.0. The zero-order chi connectivity index (χ0) is 29.6. The lowest BCUT2D eigenvalue weighted by Gasteiger charge is -2.33. The first-order chi connectivity index (χ1) is 19.6. The van der Waals surface area contributed by atoms with Gasteiger partial charge < -0.3 is 29.1 Å². The number of benzene rings is 2. The molecule has 2 heterocycles. The van der Waals surface area contributed by atoms with Crippen LogP contribution >= 0.6 is 8.38 Å². The van der Waals surface area contributed by atoms with E-state index in [1.54, 1.807) is 26.0 Å². The quantitative estimate of drug-likeness (QED) is 0.231. The number of carbonyl (C=O) groups is 3. The van der Waals surface area contributed by atoms with Crippen LogP contribution in [0.2, 0.25) is 0 Å². The second-order valence-corrected chi connectivity index (χ2v) is 11.7. The number of esters is 1. The maximum Gasteiger partial charge on any atom is 0.309 e. The highest BCUT2D eigenvalue weighted by atomic mass is 31.2. The molecule has 2 aliphatic heterocycles. The van der Waals surface area contributed by atoms with Gasteiger partial charge in [-0.05, 0) is 37.6 Å². The van der Waals surface area contributed by atoms with Crippen molar-refractivity contribution in [3.63, 3.8) is 0 Å². The van der Waals surface area contributed by atoms with Gasteiger partial charge in [-0.2, -0.15) is 5.26 Å². The number of hydrogen-bond donors (Lipinski definition) is 1. The number of carbonyl (C=O) groups excluding carboxylic acids is 3. The van der Waals surface area contributed by atoms with Crippen molar-refractivity contribution in [2.45, 2.75) is 51.7 Å². The van der Waals surface area contributed by atoms with Crippen LogP contribution in [0, 0.1) is 22.7 Å². The van der Waals surface area contributed by atoms with Gasteiger partial charge in [-0.15, -0.1) is 0 Å². The number of aliphatic hydroxyl groups is 1. The molecule has 0 aliphatic carbocycles. The van der Waals surface area contributed by atoms with Crippen LogP contribution in [0.1, 0.15) is 38.9 Å². The van der Waals surface area contributed by atoms with Gasteiger partial charge in [0.2, 0.25) is 14.3 Å². The van der Waals surface area contributed by atoms with E-state index in [-0.39, 0.29) is 30.4 Å². The Labute approximate surface area is 245 Å². The van der Waals surface area contributed by atoms with Crippen molar-refractivity contribution in [2.24, 2.45) is 11.3 Å². The maximum atomic E-state index is 12.9. The molecule has 2 aromatic rings. The third-order valence-corrected chi connectivity index (χ3v) is 8.73. The number of ketones is 1. The van der Waals surface area contributed by atoms with Crippen LogP contribution in [0.3, 0.4) is 0 Å². The number of rotatable bonds is 11. The molecule has 2 aliphatic rings. The molecule has 0 aromatic heterocycles. The van der Waals surface area contributed by atoms with E-state index < -0.39 is 56.1 Å². The van der Waals surface area contributed by atoms with Crippen LogP contribution in [0.4, 0.5) is 0 Å². The third kappa shape index (κ3) is 7.59. The van der Waals surface area contributed by atoms with Crippen LogP contribution < -0.4 is 4.52 Å². The highest BCUT2D eigenvalue weighted by Gasteiger charge is 2.57. The first-order valence-corrected chi connectivity index (χ1v) is 14.6. The highest BCUT2D eigenvalue weighted by Crippen LogP contribution is 2.45. The number of hydrogen-bond acceptors (Lipinski definition) is 9. The molecule has 0 bridgehead atoms. The van der Waals surface area contributed by atoms with E-state index in [1.807, 2.05) is 48.5 Å². The van der Waals surface area contributed by atoms with E-state index in [4.69, 9.17) is 18.5 Å². The smallest absolute Gasteiger partial charge is 0.309 e. The largest absolute Gasteiger partial charge is 0.458 e. The molecule has 4 rings (SSSR count). The molecule has 1 saturated heterocycles. The lowest BCUT2D eigenvalue weighted by molar-refractivity contribution is -0.152. The molecule has 12 heteroatoms. The average Bonchev–Trinajstić information content (AvgIpc) is 3.22. The van der Waals surface area contributed by atoms with Gasteiger partial charge in [0.1, 0.15) is 29.5 Å². The minimum Gasteiger partial charge on any atom is -0.458 e. The van der Waals surface area contributed by atoms with Crippen molar-refractivity contribution < 1.29 is 43.5 Å². The Morgan fingerprint density at radius 3 is 2.43 bits per heavy atom. The molecule has 0 radical (unpaired) electrons. The van der Waals surface area contributed by atoms with Crippen molar-refractivity contribution in [1.82, 2.24) is 4.90 Å². The molecule has 7 atom stereocenters. The minimum absolute atomic E-state index is 0. The summed E-state index contributed by atoms with van der Waals surface area (Å²) >= 11 is 0. The molecule has 1 fully saturated rings. The van der Waals surface area contributed by atoms with E-state index >= 15 is 0 Å². The molecule has 3 N–H and O–H groups in total. The number of allylic oxidation sites excluding steroid dienone is 1. The summed E-state index contributed by atoms with van der Waals surface area (Å²) in [7, 11) is -1.72. The topological polar surface area (TPSA) is 167 Å². The van der Waals surface area contributed by atoms with Gasteiger partial charge in [0.05, 0.1) is 25.0 Å². The lowest BCUT2D eigenvalue weighted by atomic mass is 9.83. The van der Waals surface area contributed by atoms with Gasteiger partial charge >= 0.3 is 5.97 Å². The third-order valence-electron chi connectivity index (χ3n) is 7.03. The fourth-order valence-electron chi connectivity index (χ4n) is 4.53. The molecule has 2 aromatic carbocycles. The Bertz CT molecular complexity index is 1300. The second-order valence-electron chi connectivity index (χ2n) is 10.2. The molecule has 1 amide bonds. The summed E-state index contributed by atoms with van der Waals surface area (Å²) in [6.45, 7) is 4.86. The number of amides is 1. The van der Waals surface area contributed by atoms with Crippen molar-refractivity contribution in [2.75, 3.05) is 12.8 Å². The van der Waals surface area contributed by atoms with Crippen molar-refractivity contribution in [3.8, 4) is 11.8 Å². The molecule has 0 spiro atoms. The van der Waals surface area contributed by atoms with E-state index in [0.29, 0.717) is 5.75 Å². The predicted molar refractivity (Wildman–Crippen MR) is 153 cm³/mol. The highest BCUT2D eigenvalue weighted by molar-refractivity contribution is 7.47. The van der Waals surface area contributed by atoms with E-state index in [9.17, 15) is 24.8 Å². The fraction of sp³-hybridized carbons (Fsp3) is 0.400. The molecular weight excluding hydrogens is 563 g/mol. The van der Waals surface area contributed by atoms with Crippen molar-refractivity contribution >= 4 is 26.0 Å². The number of para-hydroxylation sites is 1. The SMILES string of the molecule is C[C@H](CP(OC[C@H]1O[C@@H](N2C=CC(=O)CC2=O)[C@](C)(C#N)[C@@H]1O)Oc1ccccc1)C(=O)O[C@@H](C)c1ccccc1.O. The van der Waals surface area contributed by atoms with Gasteiger partial charge in [0.25, 0.3) is 0 Å². The zero-order valence-corrected chi connectivity index (χ0v) is 24.5. The summed E-state index contributed by atoms with van der Waals surface area (Å²) in [4.78, 5) is 38.3. The summed E-state index contributed by atoms with van der Waals surface area (Å²) < 4.78 is 23.8. The van der Waals surface area contributed by atoms with Crippen LogP contribution in [0.5, 0.6) is 5.75 Å². The van der Waals surface area contributed by atoms with E-state index in [2.05, 4.69) is 6.07 Å². The Morgan fingerprint density at radius 1 is 1.17 bits per heavy atom. The Balaban J connectivity index is 0.00000484. The summed E-state index contributed by atoms with van der Waals surface area (Å²) in [6, 6.07) is 20.5. The number of ether oxygens (including phenoxy) is 2. The maximum absolute atomic E-state index is 12.9. The fourth-order valence-corrected chi connectivity index (χ4v) is 6.03. The lowest BCUT2D eigenvalue weighted by Crippen LogP contribution is -2.48. The molecule has 0 saturated carbocycles. The first-order valence-electron chi connectivity index (χ1n) is 13.3. The van der Waals surface area contributed by atoms with Crippen LogP contribution in [0.15, 0.2) is 72.9 Å². The summed E-state index contributed by atoms with van der Waals surface area (Å²) in [6.07, 6.45) is -1.47. The summed E-state index contributed by atoms with van der Waals surface area (Å²) in [5.41, 5.74) is -0.608. The molecule has 224 valence electrons. The van der Waals surface area contributed by atoms with Crippen LogP contribution in [-0.4, -0.2) is 64.3 Å². The Morgan fingerprint density at radius 2 is 1.81 bits per heavy atom. The predicted octanol–water partition coefficient (Wildman–Crippen LogP) is 3.44. The van der Waals surface area contributed by atoms with Gasteiger partial charge in [0.15, 0.2) is 12.0 Å². The zero-order valence-electron chi connectivity index (χ0n) is 23.6. The number of aliphatic hydroxyl groups excluding tert-OH is 1. The average molecular weight is 599 g/mol. The van der Waals surface area contributed by atoms with Crippen LogP contribution in [0.25, 0.3) is 0 Å². The standard InChI is InChI=1S/C30H33N2O8P.H2O/c1-20(28(36)38-21(2)22-10-6-4-7-11-22)18-41(40-24-12-8-5-9-13-24)37-17-25-27(35)30(3,19-31)29(39-25)32-15-14-23(33)16-26(32)34;/h4-15,20-21,25,27,29,35H,16-18H2,1-3H3;1H2/t20-,21+,25-,27-,29-,30-,41?;/m1./s1. The Hall–Kier alpha value is -3.65. The summed E-state index contributed by atoms with van der Waals surface area (Å²) in [5.74, 6) is -1.31. The molecular formula is C30H35N2O9P. The monoisotopic (exact) mass is 598 g/mol. The Kier molecular flexibility index (Phi) is 11.3. The van der Waals surface area contributed by atoms with Gasteiger partial charge in [-0.1, -0.05) is 55.5 Å². The number of nitriles is 1. The van der Waals surface area contributed by atoms with Crippen molar-refractivity contribution in [3.05, 3.63) is 78.5 Å². The van der Waals surface area contributed by atoms with Gasteiger partial charge in [0, 0.05) is 12.4 Å². The van der Waals surface area contributed by atoms with E-state index in [0.717, 1.165) is 5.56 Å². The first kappa shape index (κ1) is 32.9. The van der Waals surface area contributed by atoms with Gasteiger partial charge in [-0.25, -0.2) is 0 Å². The molecule has 1 unspecified atom stereocenters. The van der Waals surface area contributed by atoms with Gasteiger partial charge in [-0.3, -0.25) is 19.3 Å². The van der Waals surface area contributed by atoms with Crippen LogP contribution in [-0.2, 0) is 28.4 Å².